The van der Waals surface area contributed by atoms with Crippen molar-refractivity contribution in [3.8, 4) is 0 Å². The zero-order valence-electron chi connectivity index (χ0n) is 5.13. The molecule has 3 heteroatoms. The standard InChI is InChI=1S/C5H9N3/c1-5-3-8(2)4-6-7-5/h3H,4H2,1-2H3. The summed E-state index contributed by atoms with van der Waals surface area (Å²) < 4.78 is 0. The van der Waals surface area contributed by atoms with Crippen LogP contribution >= 0.6 is 0 Å². The molecule has 0 unspecified atom stereocenters. The number of rotatable bonds is 0. The number of azo groups is 1. The molecule has 0 aliphatic carbocycles. The molecule has 0 aromatic heterocycles. The Balaban J connectivity index is 2.63. The number of hydrogen-bond donors (Lipinski definition) is 0. The number of hydrogen-bond acceptors (Lipinski definition) is 3. The maximum Gasteiger partial charge on any atom is 0.131 e. The minimum atomic E-state index is 0.692. The van der Waals surface area contributed by atoms with E-state index in [9.17, 15) is 0 Å². The zero-order chi connectivity index (χ0) is 5.98. The first-order chi connectivity index (χ1) is 3.79. The van der Waals surface area contributed by atoms with Crippen molar-refractivity contribution in [2.45, 2.75) is 6.92 Å². The van der Waals surface area contributed by atoms with Gasteiger partial charge in [0.2, 0.25) is 0 Å². The molecule has 0 N–H and O–H groups in total. The number of allylic oxidation sites excluding steroid dienone is 1. The highest BCUT2D eigenvalue weighted by Gasteiger charge is 1.95. The fourth-order valence-corrected chi connectivity index (χ4v) is 0.629. The molecule has 1 rings (SSSR count). The van der Waals surface area contributed by atoms with Crippen molar-refractivity contribution in [2.24, 2.45) is 10.2 Å². The van der Waals surface area contributed by atoms with Crippen LogP contribution < -0.4 is 0 Å². The van der Waals surface area contributed by atoms with Gasteiger partial charge in [0.05, 0.1) is 5.70 Å². The summed E-state index contributed by atoms with van der Waals surface area (Å²) in [6.45, 7) is 2.62. The normalized spacial score (nSPS) is 18.8. The first-order valence-corrected chi connectivity index (χ1v) is 2.55. The van der Waals surface area contributed by atoms with Crippen LogP contribution in [-0.2, 0) is 0 Å². The van der Waals surface area contributed by atoms with Crippen LogP contribution in [-0.4, -0.2) is 18.6 Å². The molecule has 0 aromatic rings. The summed E-state index contributed by atoms with van der Waals surface area (Å²) in [5, 5.41) is 7.65. The molecule has 0 spiro atoms. The fraction of sp³-hybridized carbons (Fsp3) is 0.600. The Kier molecular flexibility index (Phi) is 1.28. The van der Waals surface area contributed by atoms with Gasteiger partial charge in [-0.15, -0.1) is 0 Å². The molecule has 0 aromatic carbocycles. The van der Waals surface area contributed by atoms with Gasteiger partial charge >= 0.3 is 0 Å². The molecule has 1 heterocycles. The van der Waals surface area contributed by atoms with Gasteiger partial charge < -0.3 is 4.90 Å². The minimum Gasteiger partial charge on any atom is -0.358 e. The van der Waals surface area contributed by atoms with E-state index < -0.39 is 0 Å². The summed E-state index contributed by atoms with van der Waals surface area (Å²) in [6, 6.07) is 0. The zero-order valence-corrected chi connectivity index (χ0v) is 5.13. The van der Waals surface area contributed by atoms with Crippen molar-refractivity contribution in [3.05, 3.63) is 11.9 Å². The third-order valence-electron chi connectivity index (χ3n) is 0.922. The minimum absolute atomic E-state index is 0.692. The number of nitrogens with zero attached hydrogens (tertiary/aromatic N) is 3. The van der Waals surface area contributed by atoms with E-state index in [0.717, 1.165) is 5.70 Å². The largest absolute Gasteiger partial charge is 0.358 e. The summed E-state index contributed by atoms with van der Waals surface area (Å²) in [5.41, 5.74) is 0.971. The van der Waals surface area contributed by atoms with Crippen LogP contribution in [0.3, 0.4) is 0 Å². The van der Waals surface area contributed by atoms with Crippen molar-refractivity contribution >= 4 is 0 Å². The molecule has 0 fully saturated rings. The van der Waals surface area contributed by atoms with E-state index in [1.54, 1.807) is 0 Å². The first kappa shape index (κ1) is 5.28. The molecular weight excluding hydrogens is 102 g/mol. The highest BCUT2D eigenvalue weighted by atomic mass is 15.3. The summed E-state index contributed by atoms with van der Waals surface area (Å²) in [6.07, 6.45) is 1.97. The Bertz CT molecular complexity index is 137. The molecule has 0 amide bonds. The molecule has 1 aliphatic rings. The van der Waals surface area contributed by atoms with Gasteiger partial charge in [-0.1, -0.05) is 0 Å². The second-order valence-electron chi connectivity index (χ2n) is 1.91. The lowest BCUT2D eigenvalue weighted by atomic mass is 10.5. The lowest BCUT2D eigenvalue weighted by Gasteiger charge is -2.12. The molecule has 0 bridgehead atoms. The van der Waals surface area contributed by atoms with Crippen LogP contribution in [0.1, 0.15) is 6.92 Å². The van der Waals surface area contributed by atoms with Crippen LogP contribution in [0.5, 0.6) is 0 Å². The van der Waals surface area contributed by atoms with Crippen molar-refractivity contribution in [1.82, 2.24) is 4.90 Å². The lowest BCUT2D eigenvalue weighted by molar-refractivity contribution is 0.441. The molecule has 8 heavy (non-hydrogen) atoms. The smallest absolute Gasteiger partial charge is 0.131 e. The van der Waals surface area contributed by atoms with Gasteiger partial charge in [-0.2, -0.15) is 10.2 Å². The Labute approximate surface area is 48.7 Å². The third kappa shape index (κ3) is 1.05. The van der Waals surface area contributed by atoms with Gasteiger partial charge in [-0.25, -0.2) is 0 Å². The summed E-state index contributed by atoms with van der Waals surface area (Å²) >= 11 is 0. The summed E-state index contributed by atoms with van der Waals surface area (Å²) in [5.74, 6) is 0. The van der Waals surface area contributed by atoms with Gasteiger partial charge in [-0.05, 0) is 6.92 Å². The molecule has 0 atom stereocenters. The highest BCUT2D eigenvalue weighted by Crippen LogP contribution is 2.03. The van der Waals surface area contributed by atoms with Crippen LogP contribution in [0.15, 0.2) is 22.1 Å². The molecule has 3 nitrogen and oxygen atoms in total. The monoisotopic (exact) mass is 111 g/mol. The van der Waals surface area contributed by atoms with Crippen LogP contribution in [0.4, 0.5) is 0 Å². The molecule has 44 valence electrons. The van der Waals surface area contributed by atoms with Crippen molar-refractivity contribution in [2.75, 3.05) is 13.7 Å². The van der Waals surface area contributed by atoms with Gasteiger partial charge in [0.15, 0.2) is 0 Å². The Morgan fingerprint density at radius 1 is 1.75 bits per heavy atom. The van der Waals surface area contributed by atoms with E-state index in [-0.39, 0.29) is 0 Å². The van der Waals surface area contributed by atoms with E-state index in [1.165, 1.54) is 0 Å². The molecular formula is C5H9N3. The van der Waals surface area contributed by atoms with Gasteiger partial charge in [0, 0.05) is 13.2 Å². The van der Waals surface area contributed by atoms with E-state index in [4.69, 9.17) is 0 Å². The van der Waals surface area contributed by atoms with E-state index in [2.05, 4.69) is 10.2 Å². The predicted octanol–water partition coefficient (Wildman–Crippen LogP) is 1.20. The van der Waals surface area contributed by atoms with E-state index >= 15 is 0 Å². The average molecular weight is 111 g/mol. The van der Waals surface area contributed by atoms with E-state index in [1.807, 2.05) is 25.1 Å². The summed E-state index contributed by atoms with van der Waals surface area (Å²) in [7, 11) is 1.97. The Morgan fingerprint density at radius 3 is 2.88 bits per heavy atom. The van der Waals surface area contributed by atoms with Crippen LogP contribution in [0.25, 0.3) is 0 Å². The third-order valence-corrected chi connectivity index (χ3v) is 0.922. The Hall–Kier alpha value is -0.860. The second-order valence-corrected chi connectivity index (χ2v) is 1.91. The van der Waals surface area contributed by atoms with Gasteiger partial charge in [0.1, 0.15) is 6.67 Å². The van der Waals surface area contributed by atoms with E-state index in [0.29, 0.717) is 6.67 Å². The predicted molar refractivity (Wildman–Crippen MR) is 31.2 cm³/mol. The van der Waals surface area contributed by atoms with Crippen molar-refractivity contribution in [1.29, 1.82) is 0 Å². The van der Waals surface area contributed by atoms with Gasteiger partial charge in [-0.3, -0.25) is 0 Å². The van der Waals surface area contributed by atoms with Crippen LogP contribution in [0, 0.1) is 0 Å². The fourth-order valence-electron chi connectivity index (χ4n) is 0.629. The van der Waals surface area contributed by atoms with Gasteiger partial charge in [0.25, 0.3) is 0 Å². The second kappa shape index (κ2) is 1.94. The van der Waals surface area contributed by atoms with Crippen molar-refractivity contribution in [3.63, 3.8) is 0 Å². The van der Waals surface area contributed by atoms with Crippen molar-refractivity contribution < 1.29 is 0 Å². The molecule has 0 saturated carbocycles. The Morgan fingerprint density at radius 2 is 2.50 bits per heavy atom. The maximum absolute atomic E-state index is 3.82. The average Bonchev–Trinajstić information content (AvgIpc) is 1.64. The highest BCUT2D eigenvalue weighted by molar-refractivity contribution is 4.95. The lowest BCUT2D eigenvalue weighted by Crippen LogP contribution is -2.12. The van der Waals surface area contributed by atoms with Crippen LogP contribution in [0.2, 0.25) is 0 Å². The summed E-state index contributed by atoms with van der Waals surface area (Å²) in [4.78, 5) is 1.99. The molecule has 0 radical (unpaired) electrons. The molecule has 0 saturated heterocycles. The maximum atomic E-state index is 3.82. The quantitative estimate of drug-likeness (QED) is 0.461. The SMILES string of the molecule is CC1=CN(C)CN=N1. The topological polar surface area (TPSA) is 28.0 Å². The molecule has 1 aliphatic heterocycles. The first-order valence-electron chi connectivity index (χ1n) is 2.55.